The molecule has 1 aromatic heterocycles. The zero-order valence-electron chi connectivity index (χ0n) is 19.7. The Hall–Kier alpha value is -2.02. The summed E-state index contributed by atoms with van der Waals surface area (Å²) in [5, 5.41) is 20.3. The molecular weight excluding hydrogens is 436 g/mol. The van der Waals surface area contributed by atoms with E-state index in [2.05, 4.69) is 6.92 Å². The van der Waals surface area contributed by atoms with E-state index in [4.69, 9.17) is 4.74 Å². The average molecular weight is 473 g/mol. The molecule has 4 atom stereocenters. The summed E-state index contributed by atoms with van der Waals surface area (Å²) >= 11 is 1.48. The van der Waals surface area contributed by atoms with Gasteiger partial charge in [-0.25, -0.2) is 4.79 Å². The van der Waals surface area contributed by atoms with Gasteiger partial charge in [-0.1, -0.05) is 44.0 Å². The van der Waals surface area contributed by atoms with Crippen molar-refractivity contribution < 1.29 is 24.5 Å². The highest BCUT2D eigenvalue weighted by Crippen LogP contribution is 2.40. The van der Waals surface area contributed by atoms with Crippen molar-refractivity contribution in [2.75, 3.05) is 13.7 Å². The summed E-state index contributed by atoms with van der Waals surface area (Å²) in [6, 6.07) is 11.7. The predicted octanol–water partition coefficient (Wildman–Crippen LogP) is 5.25. The molecule has 0 bridgehead atoms. The molecule has 1 aliphatic carbocycles. The van der Waals surface area contributed by atoms with Gasteiger partial charge >= 0.3 is 5.97 Å². The lowest BCUT2D eigenvalue weighted by molar-refractivity contribution is -0.119. The van der Waals surface area contributed by atoms with Crippen molar-refractivity contribution in [1.82, 2.24) is 0 Å². The van der Waals surface area contributed by atoms with Crippen LogP contribution in [0.1, 0.15) is 89.4 Å². The summed E-state index contributed by atoms with van der Waals surface area (Å²) in [6.45, 7) is 2.00. The Balaban J connectivity index is 1.60. The van der Waals surface area contributed by atoms with Crippen LogP contribution in [0.25, 0.3) is 0 Å². The van der Waals surface area contributed by atoms with Gasteiger partial charge in [0.25, 0.3) is 0 Å². The maximum Gasteiger partial charge on any atom is 0.348 e. The van der Waals surface area contributed by atoms with Gasteiger partial charge in [-0.3, -0.25) is 4.79 Å². The number of carbonyl (C=O) groups excluding carboxylic acids is 2. The molecule has 33 heavy (non-hydrogen) atoms. The molecule has 6 heteroatoms. The van der Waals surface area contributed by atoms with Crippen LogP contribution >= 0.6 is 11.3 Å². The van der Waals surface area contributed by atoms with Gasteiger partial charge in [-0.2, -0.15) is 0 Å². The summed E-state index contributed by atoms with van der Waals surface area (Å²) in [7, 11) is 1.39. The summed E-state index contributed by atoms with van der Waals surface area (Å²) in [4.78, 5) is 26.1. The Morgan fingerprint density at radius 2 is 1.94 bits per heavy atom. The molecule has 5 nitrogen and oxygen atoms in total. The van der Waals surface area contributed by atoms with Crippen molar-refractivity contribution in [2.45, 2.75) is 76.2 Å². The fraction of sp³-hybridized carbons (Fsp3) is 0.556. The highest BCUT2D eigenvalue weighted by molar-refractivity contribution is 7.13. The van der Waals surface area contributed by atoms with Crippen molar-refractivity contribution in [2.24, 2.45) is 5.92 Å². The predicted molar refractivity (Wildman–Crippen MR) is 131 cm³/mol. The van der Waals surface area contributed by atoms with Crippen molar-refractivity contribution in [1.29, 1.82) is 0 Å². The number of aryl methyl sites for hydroxylation is 1. The van der Waals surface area contributed by atoms with E-state index in [9.17, 15) is 19.8 Å². The number of unbranched alkanes of at least 4 members (excludes halogenated alkanes) is 1. The molecule has 1 fully saturated rings. The molecule has 3 rings (SSSR count). The third-order valence-corrected chi connectivity index (χ3v) is 7.99. The van der Waals surface area contributed by atoms with Gasteiger partial charge in [-0.05, 0) is 61.3 Å². The fourth-order valence-corrected chi connectivity index (χ4v) is 5.92. The van der Waals surface area contributed by atoms with E-state index in [0.29, 0.717) is 29.4 Å². The number of thiophene rings is 1. The lowest BCUT2D eigenvalue weighted by atomic mass is 9.83. The maximum atomic E-state index is 12.7. The number of ether oxygens (including phenoxy) is 1. The van der Waals surface area contributed by atoms with E-state index in [0.717, 1.165) is 54.5 Å². The van der Waals surface area contributed by atoms with Gasteiger partial charge in [0.15, 0.2) is 0 Å². The smallest absolute Gasteiger partial charge is 0.348 e. The minimum absolute atomic E-state index is 0.0781. The zero-order valence-corrected chi connectivity index (χ0v) is 20.5. The summed E-state index contributed by atoms with van der Waals surface area (Å²) in [6.07, 6.45) is 6.45. The summed E-state index contributed by atoms with van der Waals surface area (Å²) in [5.41, 5.74) is 1.96. The molecule has 1 heterocycles. The van der Waals surface area contributed by atoms with Gasteiger partial charge in [0.1, 0.15) is 10.7 Å². The van der Waals surface area contributed by atoms with Crippen LogP contribution in [0.5, 0.6) is 0 Å². The number of benzene rings is 1. The van der Waals surface area contributed by atoms with Crippen LogP contribution in [0.2, 0.25) is 0 Å². The number of methoxy groups -OCH3 is 1. The molecule has 2 N–H and O–H groups in total. The van der Waals surface area contributed by atoms with E-state index in [1.54, 1.807) is 0 Å². The van der Waals surface area contributed by atoms with Crippen LogP contribution in [0.4, 0.5) is 0 Å². The minimum Gasteiger partial charge on any atom is -0.465 e. The van der Waals surface area contributed by atoms with Crippen LogP contribution in [-0.4, -0.2) is 41.8 Å². The molecule has 4 unspecified atom stereocenters. The highest BCUT2D eigenvalue weighted by Gasteiger charge is 2.35. The van der Waals surface area contributed by atoms with E-state index in [1.807, 2.05) is 36.4 Å². The second kappa shape index (κ2) is 12.4. The van der Waals surface area contributed by atoms with Gasteiger partial charge < -0.3 is 14.9 Å². The summed E-state index contributed by atoms with van der Waals surface area (Å²) < 4.78 is 4.78. The molecule has 1 aromatic carbocycles. The Bertz CT molecular complexity index is 903. The standard InChI is InChI=1S/C27H36O5S/c1-3-4-8-23(29)22(17-28)18-9-11-20(12-10-18)26-19(13-15-24(26)30)6-5-7-21-14-16-25(33-21)27(31)32-2/h9-12,14,16,19,22-23,26,28-29H,3-8,13,15,17H2,1-2H3. The molecule has 1 aliphatic rings. The van der Waals surface area contributed by atoms with Crippen LogP contribution in [-0.2, 0) is 16.0 Å². The number of ketones is 1. The SMILES string of the molecule is CCCCC(O)C(CO)c1ccc(C2C(=O)CCC2CCCc2ccc(C(=O)OC)s2)cc1. The fourth-order valence-electron chi connectivity index (χ4n) is 4.96. The number of hydrogen-bond acceptors (Lipinski definition) is 6. The number of Topliss-reactive ketones (excluding diaryl/α,β-unsaturated/α-hetero) is 1. The third-order valence-electron chi connectivity index (χ3n) is 6.86. The third kappa shape index (κ3) is 6.52. The first-order chi connectivity index (χ1) is 16.0. The average Bonchev–Trinajstić information content (AvgIpc) is 3.45. The second-order valence-corrected chi connectivity index (χ2v) is 10.2. The quantitative estimate of drug-likeness (QED) is 0.412. The first-order valence-electron chi connectivity index (χ1n) is 12.1. The van der Waals surface area contributed by atoms with Crippen LogP contribution in [0.15, 0.2) is 36.4 Å². The number of aliphatic hydroxyl groups is 2. The van der Waals surface area contributed by atoms with E-state index in [-0.39, 0.29) is 24.4 Å². The van der Waals surface area contributed by atoms with Gasteiger partial charge in [0.05, 0.1) is 19.8 Å². The molecule has 0 aliphatic heterocycles. The normalized spacial score (nSPS) is 20.1. The largest absolute Gasteiger partial charge is 0.465 e. The second-order valence-electron chi connectivity index (χ2n) is 9.06. The first kappa shape index (κ1) is 25.6. The van der Waals surface area contributed by atoms with Gasteiger partial charge in [0, 0.05) is 23.1 Å². The highest BCUT2D eigenvalue weighted by atomic mass is 32.1. The lowest BCUT2D eigenvalue weighted by Crippen LogP contribution is -2.22. The number of carbonyl (C=O) groups is 2. The molecular formula is C27H36O5S. The molecule has 0 radical (unpaired) electrons. The molecule has 1 saturated carbocycles. The minimum atomic E-state index is -0.557. The topological polar surface area (TPSA) is 83.8 Å². The molecule has 0 saturated heterocycles. The number of esters is 1. The molecule has 180 valence electrons. The number of rotatable bonds is 12. The van der Waals surface area contributed by atoms with E-state index >= 15 is 0 Å². The number of hydrogen-bond donors (Lipinski definition) is 2. The van der Waals surface area contributed by atoms with Gasteiger partial charge in [-0.15, -0.1) is 11.3 Å². The van der Waals surface area contributed by atoms with Crippen molar-refractivity contribution in [3.8, 4) is 0 Å². The first-order valence-corrected chi connectivity index (χ1v) is 12.9. The van der Waals surface area contributed by atoms with Gasteiger partial charge in [0.2, 0.25) is 0 Å². The zero-order chi connectivity index (χ0) is 23.8. The van der Waals surface area contributed by atoms with E-state index in [1.165, 1.54) is 18.4 Å². The van der Waals surface area contributed by atoms with Crippen molar-refractivity contribution in [3.05, 3.63) is 57.3 Å². The van der Waals surface area contributed by atoms with Crippen LogP contribution in [0, 0.1) is 5.92 Å². The Kier molecular flexibility index (Phi) is 9.65. The lowest BCUT2D eigenvalue weighted by Gasteiger charge is -2.23. The Morgan fingerprint density at radius 1 is 1.18 bits per heavy atom. The van der Waals surface area contributed by atoms with Crippen LogP contribution in [0.3, 0.4) is 0 Å². The number of aliphatic hydroxyl groups excluding tert-OH is 2. The van der Waals surface area contributed by atoms with E-state index < -0.39 is 6.10 Å². The molecule has 2 aromatic rings. The molecule has 0 amide bonds. The summed E-state index contributed by atoms with van der Waals surface area (Å²) in [5.74, 6) is -0.0323. The Morgan fingerprint density at radius 3 is 2.61 bits per heavy atom. The molecule has 0 spiro atoms. The van der Waals surface area contributed by atoms with Crippen molar-refractivity contribution in [3.63, 3.8) is 0 Å². The van der Waals surface area contributed by atoms with Crippen molar-refractivity contribution >= 4 is 23.1 Å². The maximum absolute atomic E-state index is 12.7. The Labute approximate surface area is 200 Å². The van der Waals surface area contributed by atoms with Crippen LogP contribution < -0.4 is 0 Å². The monoisotopic (exact) mass is 472 g/mol.